The molecule has 148 valence electrons. The maximum atomic E-state index is 13.0. The number of esters is 1. The molecule has 2 aromatic rings. The third kappa shape index (κ3) is 4.36. The van der Waals surface area contributed by atoms with Gasteiger partial charge in [-0.1, -0.05) is 18.2 Å². The summed E-state index contributed by atoms with van der Waals surface area (Å²) in [5, 5.41) is 2.60. The second-order valence-corrected chi connectivity index (χ2v) is 6.02. The van der Waals surface area contributed by atoms with Gasteiger partial charge in [-0.25, -0.2) is 4.79 Å². The van der Waals surface area contributed by atoms with Crippen molar-refractivity contribution in [1.82, 2.24) is 5.32 Å². The Morgan fingerprint density at radius 3 is 2.61 bits per heavy atom. The molecule has 1 aliphatic heterocycles. The molecule has 0 saturated carbocycles. The van der Waals surface area contributed by atoms with Crippen LogP contribution >= 0.6 is 0 Å². The van der Waals surface area contributed by atoms with Crippen LogP contribution in [0.25, 0.3) is 0 Å². The lowest BCUT2D eigenvalue weighted by Gasteiger charge is -2.15. The zero-order valence-corrected chi connectivity index (χ0v) is 14.7. The van der Waals surface area contributed by atoms with Crippen LogP contribution in [-0.2, 0) is 15.7 Å². The van der Waals surface area contributed by atoms with Gasteiger partial charge in [0.2, 0.25) is 6.79 Å². The van der Waals surface area contributed by atoms with E-state index in [1.54, 1.807) is 25.1 Å². The number of carbonyl (C=O) groups is 2. The van der Waals surface area contributed by atoms with Gasteiger partial charge >= 0.3 is 12.1 Å². The molecule has 0 spiro atoms. The average Bonchev–Trinajstić information content (AvgIpc) is 3.13. The Morgan fingerprint density at radius 2 is 1.86 bits per heavy atom. The average molecular weight is 395 g/mol. The lowest BCUT2D eigenvalue weighted by atomic mass is 10.1. The summed E-state index contributed by atoms with van der Waals surface area (Å²) in [6.45, 7) is 1.12. The van der Waals surface area contributed by atoms with Gasteiger partial charge in [-0.05, 0) is 36.8 Å². The van der Waals surface area contributed by atoms with Crippen LogP contribution in [0, 0.1) is 0 Å². The summed E-state index contributed by atoms with van der Waals surface area (Å²) < 4.78 is 54.1. The third-order valence-corrected chi connectivity index (χ3v) is 4.06. The van der Waals surface area contributed by atoms with Crippen LogP contribution in [-0.4, -0.2) is 25.3 Å². The number of benzene rings is 2. The number of ether oxygens (including phenoxy) is 3. The lowest BCUT2D eigenvalue weighted by molar-refractivity contribution is -0.138. The molecule has 0 aromatic heterocycles. The number of amides is 1. The molecular formula is C19H16F3NO5. The molecule has 0 bridgehead atoms. The number of rotatable bonds is 5. The highest BCUT2D eigenvalue weighted by molar-refractivity contribution is 5.93. The number of halogens is 3. The summed E-state index contributed by atoms with van der Waals surface area (Å²) in [4.78, 5) is 24.0. The SMILES string of the molecule is C[C@H](NC(=O)COC(=O)c1ccccc1C(F)(F)F)c1ccc2c(c1)OCO2. The van der Waals surface area contributed by atoms with E-state index in [0.717, 1.165) is 17.7 Å². The van der Waals surface area contributed by atoms with Gasteiger partial charge in [-0.3, -0.25) is 4.79 Å². The highest BCUT2D eigenvalue weighted by Crippen LogP contribution is 2.34. The molecule has 0 radical (unpaired) electrons. The minimum absolute atomic E-state index is 0.120. The summed E-state index contributed by atoms with van der Waals surface area (Å²) >= 11 is 0. The van der Waals surface area contributed by atoms with Gasteiger partial charge in [-0.2, -0.15) is 13.2 Å². The first kappa shape index (κ1) is 19.5. The Morgan fingerprint density at radius 1 is 1.14 bits per heavy atom. The summed E-state index contributed by atoms with van der Waals surface area (Å²) in [5.74, 6) is -0.727. The zero-order valence-electron chi connectivity index (χ0n) is 14.7. The van der Waals surface area contributed by atoms with Crippen molar-refractivity contribution in [1.29, 1.82) is 0 Å². The van der Waals surface area contributed by atoms with Crippen molar-refractivity contribution in [3.63, 3.8) is 0 Å². The van der Waals surface area contributed by atoms with E-state index in [9.17, 15) is 22.8 Å². The van der Waals surface area contributed by atoms with Crippen LogP contribution in [0.15, 0.2) is 42.5 Å². The summed E-state index contributed by atoms with van der Waals surface area (Å²) in [5.41, 5.74) is -1.04. The van der Waals surface area contributed by atoms with E-state index in [0.29, 0.717) is 11.5 Å². The molecule has 1 aliphatic rings. The molecule has 2 aromatic carbocycles. The molecular weight excluding hydrogens is 379 g/mol. The summed E-state index contributed by atoms with van der Waals surface area (Å²) in [7, 11) is 0. The van der Waals surface area contributed by atoms with Gasteiger partial charge in [0.1, 0.15) is 0 Å². The maximum Gasteiger partial charge on any atom is 0.417 e. The standard InChI is InChI=1S/C19H16F3NO5/c1-11(12-6-7-15-16(8-12)28-10-27-15)23-17(24)9-26-18(25)13-4-2-3-5-14(13)19(20,21)22/h2-8,11H,9-10H2,1H3,(H,23,24)/t11-/m0/s1. The van der Waals surface area contributed by atoms with Crippen molar-refractivity contribution in [3.8, 4) is 11.5 Å². The predicted octanol–water partition coefficient (Wildman–Crippen LogP) is 3.47. The smallest absolute Gasteiger partial charge is 0.417 e. The molecule has 0 unspecified atom stereocenters. The first-order valence-electron chi connectivity index (χ1n) is 8.28. The predicted molar refractivity (Wildman–Crippen MR) is 90.8 cm³/mol. The number of hydrogen-bond acceptors (Lipinski definition) is 5. The van der Waals surface area contributed by atoms with E-state index in [-0.39, 0.29) is 6.79 Å². The van der Waals surface area contributed by atoms with E-state index >= 15 is 0 Å². The largest absolute Gasteiger partial charge is 0.454 e. The van der Waals surface area contributed by atoms with Crippen molar-refractivity contribution in [2.75, 3.05) is 13.4 Å². The van der Waals surface area contributed by atoms with Crippen LogP contribution in [0.4, 0.5) is 13.2 Å². The van der Waals surface area contributed by atoms with Gasteiger partial charge in [0.05, 0.1) is 17.2 Å². The minimum Gasteiger partial charge on any atom is -0.454 e. The van der Waals surface area contributed by atoms with Gasteiger partial charge in [0.25, 0.3) is 5.91 Å². The van der Waals surface area contributed by atoms with Crippen molar-refractivity contribution in [3.05, 3.63) is 59.2 Å². The molecule has 1 atom stereocenters. The van der Waals surface area contributed by atoms with Gasteiger partial charge in [0, 0.05) is 0 Å². The van der Waals surface area contributed by atoms with Crippen LogP contribution in [0.5, 0.6) is 11.5 Å². The highest BCUT2D eigenvalue weighted by atomic mass is 19.4. The van der Waals surface area contributed by atoms with Crippen molar-refractivity contribution < 1.29 is 37.0 Å². The highest BCUT2D eigenvalue weighted by Gasteiger charge is 2.35. The number of carbonyl (C=O) groups excluding carboxylic acids is 2. The van der Waals surface area contributed by atoms with E-state index < -0.39 is 41.8 Å². The second-order valence-electron chi connectivity index (χ2n) is 6.02. The zero-order chi connectivity index (χ0) is 20.3. The molecule has 0 aliphatic carbocycles. The Hall–Kier alpha value is -3.23. The van der Waals surface area contributed by atoms with Crippen LogP contribution < -0.4 is 14.8 Å². The summed E-state index contributed by atoms with van der Waals surface area (Å²) in [6, 6.07) is 8.93. The molecule has 0 saturated heterocycles. The van der Waals surface area contributed by atoms with E-state index in [4.69, 9.17) is 14.2 Å². The van der Waals surface area contributed by atoms with E-state index in [1.165, 1.54) is 12.1 Å². The fourth-order valence-corrected chi connectivity index (χ4v) is 2.67. The lowest BCUT2D eigenvalue weighted by Crippen LogP contribution is -2.31. The molecule has 0 fully saturated rings. The molecule has 3 rings (SSSR count). The fraction of sp³-hybridized carbons (Fsp3) is 0.263. The third-order valence-electron chi connectivity index (χ3n) is 4.06. The van der Waals surface area contributed by atoms with Gasteiger partial charge < -0.3 is 19.5 Å². The fourth-order valence-electron chi connectivity index (χ4n) is 2.67. The Labute approximate surface area is 158 Å². The number of fused-ring (bicyclic) bond motifs is 1. The summed E-state index contributed by atoms with van der Waals surface area (Å²) in [6.07, 6.45) is -4.70. The molecule has 9 heteroatoms. The Balaban J connectivity index is 1.58. The quantitative estimate of drug-likeness (QED) is 0.785. The van der Waals surface area contributed by atoms with E-state index in [2.05, 4.69) is 5.32 Å². The van der Waals surface area contributed by atoms with E-state index in [1.807, 2.05) is 0 Å². The number of alkyl halides is 3. The van der Waals surface area contributed by atoms with Crippen molar-refractivity contribution in [2.24, 2.45) is 0 Å². The van der Waals surface area contributed by atoms with Gasteiger partial charge in [0.15, 0.2) is 18.1 Å². The van der Waals surface area contributed by atoms with Crippen LogP contribution in [0.1, 0.15) is 34.5 Å². The Bertz CT molecular complexity index is 897. The normalized spacial score (nSPS) is 13.7. The topological polar surface area (TPSA) is 73.9 Å². The Kier molecular flexibility index (Phi) is 5.43. The number of hydrogen-bond donors (Lipinski definition) is 1. The van der Waals surface area contributed by atoms with Crippen molar-refractivity contribution >= 4 is 11.9 Å². The first-order valence-corrected chi connectivity index (χ1v) is 8.28. The molecule has 28 heavy (non-hydrogen) atoms. The number of nitrogens with one attached hydrogen (secondary N) is 1. The molecule has 1 heterocycles. The first-order chi connectivity index (χ1) is 13.3. The van der Waals surface area contributed by atoms with Crippen molar-refractivity contribution in [2.45, 2.75) is 19.1 Å². The van der Waals surface area contributed by atoms with Gasteiger partial charge in [-0.15, -0.1) is 0 Å². The monoisotopic (exact) mass is 395 g/mol. The van der Waals surface area contributed by atoms with Crippen LogP contribution in [0.2, 0.25) is 0 Å². The van der Waals surface area contributed by atoms with Crippen LogP contribution in [0.3, 0.4) is 0 Å². The molecule has 1 N–H and O–H groups in total. The minimum atomic E-state index is -4.70. The molecule has 6 nitrogen and oxygen atoms in total. The maximum absolute atomic E-state index is 13.0. The second kappa shape index (κ2) is 7.79. The molecule has 1 amide bonds.